The van der Waals surface area contributed by atoms with Crippen LogP contribution in [0.1, 0.15) is 32.6 Å². The van der Waals surface area contributed by atoms with Gasteiger partial charge in [-0.25, -0.2) is 0 Å². The minimum atomic E-state index is -0.531. The van der Waals surface area contributed by atoms with Crippen molar-refractivity contribution in [2.24, 2.45) is 0 Å². The van der Waals surface area contributed by atoms with E-state index in [4.69, 9.17) is 16.3 Å². The fourth-order valence-corrected chi connectivity index (χ4v) is 2.32. The van der Waals surface area contributed by atoms with E-state index < -0.39 is 6.10 Å². The number of hydrogen-bond donors (Lipinski definition) is 2. The Morgan fingerprint density at radius 1 is 1.35 bits per heavy atom. The Bertz CT molecular complexity index is 390. The van der Waals surface area contributed by atoms with E-state index in [1.165, 1.54) is 19.3 Å². The SMILES string of the molecule is CCCCCCOCC(O)CNc1cc(Br)ccc1Cl. The van der Waals surface area contributed by atoms with Crippen LogP contribution in [-0.4, -0.2) is 31.0 Å². The molecule has 0 aliphatic heterocycles. The molecule has 0 aliphatic carbocycles. The first-order valence-corrected chi connectivity index (χ1v) is 8.25. The summed E-state index contributed by atoms with van der Waals surface area (Å²) in [4.78, 5) is 0. The highest BCUT2D eigenvalue weighted by atomic mass is 79.9. The molecule has 0 bridgehead atoms. The molecule has 0 aliphatic rings. The summed E-state index contributed by atoms with van der Waals surface area (Å²) in [6.07, 6.45) is 4.19. The number of hydrogen-bond acceptors (Lipinski definition) is 3. The summed E-state index contributed by atoms with van der Waals surface area (Å²) in [5.41, 5.74) is 0.808. The Morgan fingerprint density at radius 3 is 2.90 bits per heavy atom. The van der Waals surface area contributed by atoms with Gasteiger partial charge in [-0.1, -0.05) is 53.7 Å². The summed E-state index contributed by atoms with van der Waals surface area (Å²) in [5, 5.41) is 13.6. The number of nitrogens with one attached hydrogen (secondary N) is 1. The van der Waals surface area contributed by atoms with Gasteiger partial charge in [0.15, 0.2) is 0 Å². The second-order valence-corrected chi connectivity index (χ2v) is 6.12. The van der Waals surface area contributed by atoms with Crippen LogP contribution in [0.5, 0.6) is 0 Å². The number of rotatable bonds is 10. The van der Waals surface area contributed by atoms with Gasteiger partial charge in [-0.15, -0.1) is 0 Å². The topological polar surface area (TPSA) is 41.5 Å². The van der Waals surface area contributed by atoms with Crippen LogP contribution in [0, 0.1) is 0 Å². The minimum absolute atomic E-state index is 0.352. The molecule has 2 N–H and O–H groups in total. The van der Waals surface area contributed by atoms with E-state index in [0.717, 1.165) is 16.6 Å². The zero-order valence-corrected chi connectivity index (χ0v) is 14.2. The molecule has 0 saturated heterocycles. The average molecular weight is 365 g/mol. The standard InChI is InChI=1S/C15H23BrClNO2/c1-2-3-4-5-8-20-11-13(19)10-18-15-9-12(16)6-7-14(15)17/h6-7,9,13,18-19H,2-5,8,10-11H2,1H3. The summed E-state index contributed by atoms with van der Waals surface area (Å²) in [6.45, 7) is 3.67. The molecule has 5 heteroatoms. The maximum Gasteiger partial charge on any atom is 0.0945 e. The Morgan fingerprint density at radius 2 is 2.15 bits per heavy atom. The molecular weight excluding hydrogens is 342 g/mol. The number of ether oxygens (including phenoxy) is 1. The number of aliphatic hydroxyl groups excluding tert-OH is 1. The summed E-state index contributed by atoms with van der Waals surface area (Å²) in [7, 11) is 0. The first kappa shape index (κ1) is 17.8. The largest absolute Gasteiger partial charge is 0.389 e. The Hall–Kier alpha value is -0.290. The lowest BCUT2D eigenvalue weighted by atomic mass is 10.2. The zero-order chi connectivity index (χ0) is 14.8. The van der Waals surface area contributed by atoms with Gasteiger partial charge in [-0.3, -0.25) is 0 Å². The molecule has 1 atom stereocenters. The summed E-state index contributed by atoms with van der Waals surface area (Å²) in [6, 6.07) is 5.58. The van der Waals surface area contributed by atoms with Gasteiger partial charge in [-0.05, 0) is 24.6 Å². The maximum atomic E-state index is 9.83. The second kappa shape index (κ2) is 10.4. The molecule has 0 saturated carbocycles. The van der Waals surface area contributed by atoms with Crippen molar-refractivity contribution in [1.29, 1.82) is 0 Å². The van der Waals surface area contributed by atoms with Crippen molar-refractivity contribution in [2.45, 2.75) is 38.7 Å². The van der Waals surface area contributed by atoms with Crippen molar-refractivity contribution in [2.75, 3.05) is 25.1 Å². The summed E-state index contributed by atoms with van der Waals surface area (Å²) >= 11 is 9.45. The zero-order valence-electron chi connectivity index (χ0n) is 11.9. The van der Waals surface area contributed by atoms with Gasteiger partial charge in [-0.2, -0.15) is 0 Å². The van der Waals surface area contributed by atoms with Crippen LogP contribution < -0.4 is 5.32 Å². The molecule has 0 amide bonds. The van der Waals surface area contributed by atoms with Gasteiger partial charge in [0, 0.05) is 17.6 Å². The molecular formula is C15H23BrClNO2. The third-order valence-electron chi connectivity index (χ3n) is 2.91. The molecule has 0 spiro atoms. The van der Waals surface area contributed by atoms with Crippen molar-refractivity contribution in [3.05, 3.63) is 27.7 Å². The normalized spacial score (nSPS) is 12.4. The number of benzene rings is 1. The van der Waals surface area contributed by atoms with E-state index in [1.54, 1.807) is 0 Å². The van der Waals surface area contributed by atoms with E-state index in [2.05, 4.69) is 28.2 Å². The summed E-state index contributed by atoms with van der Waals surface area (Å²) in [5.74, 6) is 0. The van der Waals surface area contributed by atoms with Gasteiger partial charge >= 0.3 is 0 Å². The molecule has 3 nitrogen and oxygen atoms in total. The maximum absolute atomic E-state index is 9.83. The average Bonchev–Trinajstić information content (AvgIpc) is 2.43. The lowest BCUT2D eigenvalue weighted by Gasteiger charge is -2.14. The summed E-state index contributed by atoms with van der Waals surface area (Å²) < 4.78 is 6.40. The molecule has 1 aromatic rings. The van der Waals surface area contributed by atoms with E-state index in [-0.39, 0.29) is 0 Å². The lowest BCUT2D eigenvalue weighted by molar-refractivity contribution is 0.0417. The fourth-order valence-electron chi connectivity index (χ4n) is 1.77. The smallest absolute Gasteiger partial charge is 0.0945 e. The van der Waals surface area contributed by atoms with Gasteiger partial charge in [0.05, 0.1) is 23.4 Å². The van der Waals surface area contributed by atoms with E-state index in [1.807, 2.05) is 18.2 Å². The highest BCUT2D eigenvalue weighted by molar-refractivity contribution is 9.10. The number of aliphatic hydroxyl groups is 1. The molecule has 20 heavy (non-hydrogen) atoms. The van der Waals surface area contributed by atoms with Crippen LogP contribution in [0.25, 0.3) is 0 Å². The van der Waals surface area contributed by atoms with Gasteiger partial charge in [0.2, 0.25) is 0 Å². The molecule has 1 unspecified atom stereocenters. The quantitative estimate of drug-likeness (QED) is 0.602. The lowest BCUT2D eigenvalue weighted by Crippen LogP contribution is -2.25. The molecule has 0 fully saturated rings. The Labute approximate surface area is 134 Å². The predicted molar refractivity (Wildman–Crippen MR) is 88.6 cm³/mol. The van der Waals surface area contributed by atoms with Crippen LogP contribution in [0.15, 0.2) is 22.7 Å². The van der Waals surface area contributed by atoms with Gasteiger partial charge < -0.3 is 15.2 Å². The van der Waals surface area contributed by atoms with Gasteiger partial charge in [0.25, 0.3) is 0 Å². The van der Waals surface area contributed by atoms with Crippen molar-refractivity contribution < 1.29 is 9.84 Å². The van der Waals surface area contributed by atoms with Crippen LogP contribution in [0.4, 0.5) is 5.69 Å². The highest BCUT2D eigenvalue weighted by Gasteiger charge is 2.06. The number of anilines is 1. The van der Waals surface area contributed by atoms with Crippen LogP contribution in [0.3, 0.4) is 0 Å². The Kier molecular flexibility index (Phi) is 9.27. The second-order valence-electron chi connectivity index (χ2n) is 4.79. The van der Waals surface area contributed by atoms with Gasteiger partial charge in [0.1, 0.15) is 0 Å². The van der Waals surface area contributed by atoms with Crippen molar-refractivity contribution >= 4 is 33.2 Å². The first-order valence-electron chi connectivity index (χ1n) is 7.08. The monoisotopic (exact) mass is 363 g/mol. The third kappa shape index (κ3) is 7.48. The number of halogens is 2. The van der Waals surface area contributed by atoms with Crippen LogP contribution in [-0.2, 0) is 4.74 Å². The van der Waals surface area contributed by atoms with Crippen LogP contribution in [0.2, 0.25) is 5.02 Å². The van der Waals surface area contributed by atoms with E-state index in [0.29, 0.717) is 24.8 Å². The molecule has 0 radical (unpaired) electrons. The third-order valence-corrected chi connectivity index (χ3v) is 3.73. The van der Waals surface area contributed by atoms with Crippen molar-refractivity contribution in [3.63, 3.8) is 0 Å². The molecule has 1 rings (SSSR count). The fraction of sp³-hybridized carbons (Fsp3) is 0.600. The molecule has 1 aromatic carbocycles. The minimum Gasteiger partial charge on any atom is -0.389 e. The van der Waals surface area contributed by atoms with Crippen LogP contribution >= 0.6 is 27.5 Å². The van der Waals surface area contributed by atoms with E-state index in [9.17, 15) is 5.11 Å². The van der Waals surface area contributed by atoms with E-state index >= 15 is 0 Å². The molecule has 0 heterocycles. The Balaban J connectivity index is 2.16. The first-order chi connectivity index (χ1) is 9.63. The molecule has 114 valence electrons. The van der Waals surface area contributed by atoms with Crippen molar-refractivity contribution in [3.8, 4) is 0 Å². The number of unbranched alkanes of at least 4 members (excludes halogenated alkanes) is 3. The highest BCUT2D eigenvalue weighted by Crippen LogP contribution is 2.25. The predicted octanol–water partition coefficient (Wildman–Crippen LogP) is 4.47. The van der Waals surface area contributed by atoms with Crippen molar-refractivity contribution in [1.82, 2.24) is 0 Å². The molecule has 0 aromatic heterocycles.